The van der Waals surface area contributed by atoms with Gasteiger partial charge in [0.15, 0.2) is 0 Å². The van der Waals surface area contributed by atoms with Crippen LogP contribution in [-0.4, -0.2) is 18.3 Å². The minimum atomic E-state index is 0.126. The lowest BCUT2D eigenvalue weighted by Gasteiger charge is -1.97. The van der Waals surface area contributed by atoms with Crippen molar-refractivity contribution in [2.45, 2.75) is 12.8 Å². The van der Waals surface area contributed by atoms with Gasteiger partial charge in [-0.05, 0) is 23.8 Å². The molecule has 0 aromatic heterocycles. The van der Waals surface area contributed by atoms with E-state index in [0.29, 0.717) is 6.42 Å². The molecule has 1 aliphatic rings. The number of hydrogen-bond acceptors (Lipinski definition) is 2. The fourth-order valence-corrected chi connectivity index (χ4v) is 1.48. The molecule has 2 heteroatoms. The fourth-order valence-electron chi connectivity index (χ4n) is 1.48. The first-order valence-electron chi connectivity index (χ1n) is 4.75. The van der Waals surface area contributed by atoms with E-state index in [1.165, 1.54) is 5.56 Å². The van der Waals surface area contributed by atoms with Crippen LogP contribution in [0.25, 0.3) is 0 Å². The highest BCUT2D eigenvalue weighted by atomic mass is 16.5. The van der Waals surface area contributed by atoms with Crippen LogP contribution in [0.1, 0.15) is 17.5 Å². The lowest BCUT2D eigenvalue weighted by atomic mass is 10.1. The van der Waals surface area contributed by atoms with Gasteiger partial charge in [0.1, 0.15) is 5.75 Å². The van der Waals surface area contributed by atoms with Gasteiger partial charge in [-0.3, -0.25) is 0 Å². The Morgan fingerprint density at radius 2 is 2.36 bits per heavy atom. The molecule has 1 aliphatic heterocycles. The van der Waals surface area contributed by atoms with Crippen molar-refractivity contribution in [2.24, 2.45) is 0 Å². The SMILES string of the molecule is OCCC#Cc1ccc2c(c1)CCO2. The van der Waals surface area contributed by atoms with Crippen molar-refractivity contribution in [1.29, 1.82) is 0 Å². The Morgan fingerprint density at radius 1 is 1.43 bits per heavy atom. The van der Waals surface area contributed by atoms with Crippen LogP contribution in [0.15, 0.2) is 18.2 Å². The van der Waals surface area contributed by atoms with Crippen LogP contribution in [0.5, 0.6) is 5.75 Å². The first-order chi connectivity index (χ1) is 6.90. The smallest absolute Gasteiger partial charge is 0.122 e. The van der Waals surface area contributed by atoms with Gasteiger partial charge in [0.25, 0.3) is 0 Å². The average molecular weight is 188 g/mol. The predicted octanol–water partition coefficient (Wildman–Crippen LogP) is 1.36. The van der Waals surface area contributed by atoms with Crippen molar-refractivity contribution >= 4 is 0 Å². The molecule has 1 aromatic rings. The molecular formula is C12H12O2. The Hall–Kier alpha value is -1.46. The number of aliphatic hydroxyl groups is 1. The Balaban J connectivity index is 2.18. The van der Waals surface area contributed by atoms with Gasteiger partial charge in [-0.15, -0.1) is 0 Å². The highest BCUT2D eigenvalue weighted by Crippen LogP contribution is 2.25. The van der Waals surface area contributed by atoms with Crippen molar-refractivity contribution in [1.82, 2.24) is 0 Å². The molecule has 0 spiro atoms. The van der Waals surface area contributed by atoms with Crippen LogP contribution in [0.3, 0.4) is 0 Å². The highest BCUT2D eigenvalue weighted by Gasteiger charge is 2.10. The summed E-state index contributed by atoms with van der Waals surface area (Å²) in [6.45, 7) is 0.907. The third-order valence-corrected chi connectivity index (χ3v) is 2.16. The molecule has 2 nitrogen and oxygen atoms in total. The molecule has 2 rings (SSSR count). The van der Waals surface area contributed by atoms with E-state index in [0.717, 1.165) is 24.3 Å². The molecule has 0 unspecified atom stereocenters. The summed E-state index contributed by atoms with van der Waals surface area (Å²) in [4.78, 5) is 0. The van der Waals surface area contributed by atoms with Gasteiger partial charge in [-0.1, -0.05) is 11.8 Å². The summed E-state index contributed by atoms with van der Waals surface area (Å²) in [5.74, 6) is 6.90. The minimum Gasteiger partial charge on any atom is -0.493 e. The van der Waals surface area contributed by atoms with Crippen LogP contribution in [0.4, 0.5) is 0 Å². The Bertz CT molecular complexity index is 385. The topological polar surface area (TPSA) is 29.5 Å². The summed E-state index contributed by atoms with van der Waals surface area (Å²) in [6.07, 6.45) is 1.51. The summed E-state index contributed by atoms with van der Waals surface area (Å²) in [7, 11) is 0. The third kappa shape index (κ3) is 1.89. The van der Waals surface area contributed by atoms with Crippen molar-refractivity contribution in [3.8, 4) is 17.6 Å². The lowest BCUT2D eigenvalue weighted by molar-refractivity contribution is 0.305. The maximum absolute atomic E-state index is 8.58. The van der Waals surface area contributed by atoms with E-state index in [-0.39, 0.29) is 6.61 Å². The van der Waals surface area contributed by atoms with Crippen LogP contribution in [0, 0.1) is 11.8 Å². The maximum Gasteiger partial charge on any atom is 0.122 e. The molecule has 72 valence electrons. The zero-order valence-corrected chi connectivity index (χ0v) is 7.92. The molecule has 0 saturated heterocycles. The van der Waals surface area contributed by atoms with E-state index >= 15 is 0 Å². The van der Waals surface area contributed by atoms with E-state index in [2.05, 4.69) is 17.9 Å². The number of aliphatic hydroxyl groups excluding tert-OH is 1. The zero-order valence-electron chi connectivity index (χ0n) is 7.92. The lowest BCUT2D eigenvalue weighted by Crippen LogP contribution is -1.85. The molecule has 0 amide bonds. The van der Waals surface area contributed by atoms with Gasteiger partial charge in [0.2, 0.25) is 0 Å². The second-order valence-electron chi connectivity index (χ2n) is 3.20. The number of fused-ring (bicyclic) bond motifs is 1. The monoisotopic (exact) mass is 188 g/mol. The summed E-state index contributed by atoms with van der Waals surface area (Å²) in [5, 5.41) is 8.58. The van der Waals surface area contributed by atoms with Gasteiger partial charge in [0.05, 0.1) is 13.2 Å². The molecule has 0 saturated carbocycles. The number of benzene rings is 1. The third-order valence-electron chi connectivity index (χ3n) is 2.16. The molecule has 0 bridgehead atoms. The molecule has 1 heterocycles. The van der Waals surface area contributed by atoms with Gasteiger partial charge >= 0.3 is 0 Å². The molecule has 0 radical (unpaired) electrons. The maximum atomic E-state index is 8.58. The Kier molecular flexibility index (Phi) is 2.71. The van der Waals surface area contributed by atoms with Gasteiger partial charge in [-0.25, -0.2) is 0 Å². The van der Waals surface area contributed by atoms with Gasteiger partial charge < -0.3 is 9.84 Å². The predicted molar refractivity (Wildman–Crippen MR) is 54.2 cm³/mol. The second-order valence-corrected chi connectivity index (χ2v) is 3.20. The summed E-state index contributed by atoms with van der Waals surface area (Å²) >= 11 is 0. The van der Waals surface area contributed by atoms with Gasteiger partial charge in [-0.2, -0.15) is 0 Å². The second kappa shape index (κ2) is 4.17. The molecule has 1 N–H and O–H groups in total. The normalized spacial score (nSPS) is 12.6. The molecule has 1 aromatic carbocycles. The van der Waals surface area contributed by atoms with Crippen molar-refractivity contribution in [2.75, 3.05) is 13.2 Å². The largest absolute Gasteiger partial charge is 0.493 e. The quantitative estimate of drug-likeness (QED) is 0.674. The fraction of sp³-hybridized carbons (Fsp3) is 0.333. The summed E-state index contributed by atoms with van der Waals surface area (Å²) in [5.41, 5.74) is 2.24. The summed E-state index contributed by atoms with van der Waals surface area (Å²) in [6, 6.07) is 5.98. The van der Waals surface area contributed by atoms with E-state index < -0.39 is 0 Å². The minimum absolute atomic E-state index is 0.126. The standard InChI is InChI=1S/C12H12O2/c13-7-2-1-3-10-4-5-12-11(9-10)6-8-14-12/h4-5,9,13H,2,6-8H2. The molecule has 0 fully saturated rings. The van der Waals surface area contributed by atoms with Crippen molar-refractivity contribution in [3.63, 3.8) is 0 Å². The van der Waals surface area contributed by atoms with E-state index in [1.54, 1.807) is 0 Å². The van der Waals surface area contributed by atoms with Crippen LogP contribution >= 0.6 is 0 Å². The first kappa shape index (κ1) is 9.11. The average Bonchev–Trinajstić information content (AvgIpc) is 2.65. The van der Waals surface area contributed by atoms with E-state index in [1.807, 2.05) is 12.1 Å². The van der Waals surface area contributed by atoms with E-state index in [9.17, 15) is 0 Å². The van der Waals surface area contributed by atoms with E-state index in [4.69, 9.17) is 9.84 Å². The highest BCUT2D eigenvalue weighted by molar-refractivity contribution is 5.45. The zero-order chi connectivity index (χ0) is 9.80. The first-order valence-corrected chi connectivity index (χ1v) is 4.75. The Labute approximate surface area is 83.5 Å². The van der Waals surface area contributed by atoms with Crippen LogP contribution in [-0.2, 0) is 6.42 Å². The Morgan fingerprint density at radius 3 is 3.21 bits per heavy atom. The van der Waals surface area contributed by atoms with Crippen LogP contribution in [0.2, 0.25) is 0 Å². The number of rotatable bonds is 1. The van der Waals surface area contributed by atoms with Crippen molar-refractivity contribution in [3.05, 3.63) is 29.3 Å². The summed E-state index contributed by atoms with van der Waals surface area (Å²) < 4.78 is 5.39. The van der Waals surface area contributed by atoms with Gasteiger partial charge in [0, 0.05) is 18.4 Å². The number of ether oxygens (including phenoxy) is 1. The number of hydrogen-bond donors (Lipinski definition) is 1. The van der Waals surface area contributed by atoms with Crippen molar-refractivity contribution < 1.29 is 9.84 Å². The molecular weight excluding hydrogens is 176 g/mol. The molecule has 14 heavy (non-hydrogen) atoms. The molecule has 0 aliphatic carbocycles. The van der Waals surface area contributed by atoms with Crippen LogP contribution < -0.4 is 4.74 Å². The molecule has 0 atom stereocenters.